The predicted molar refractivity (Wildman–Crippen MR) is 194 cm³/mol. The van der Waals surface area contributed by atoms with Gasteiger partial charge in [0.2, 0.25) is 0 Å². The van der Waals surface area contributed by atoms with E-state index in [1.165, 1.54) is 7.11 Å². The fourth-order valence-electron chi connectivity index (χ4n) is 5.81. The SMILES string of the molecule is COc1cc(CNCCNC(=O)c2cccc(C(=O)CNCCN3CCC(OC(=O)Nc4ccccc4-c4ccccc4)CC3)c2)ccc1O. The van der Waals surface area contributed by atoms with Crippen molar-refractivity contribution in [3.63, 3.8) is 0 Å². The number of hydrogen-bond acceptors (Lipinski definition) is 9. The zero-order valence-corrected chi connectivity index (χ0v) is 28.3. The number of benzene rings is 4. The van der Waals surface area contributed by atoms with Gasteiger partial charge in [-0.3, -0.25) is 14.9 Å². The molecule has 0 unspecified atom stereocenters. The van der Waals surface area contributed by atoms with Crippen LogP contribution < -0.4 is 26.0 Å². The molecule has 5 rings (SSSR count). The van der Waals surface area contributed by atoms with Gasteiger partial charge in [-0.2, -0.15) is 0 Å². The Morgan fingerprint density at radius 1 is 0.820 bits per heavy atom. The predicted octanol–water partition coefficient (Wildman–Crippen LogP) is 5.07. The number of Topliss-reactive ketones (excluding diaryl/α,β-unsaturated/α-hetero) is 1. The molecule has 1 saturated heterocycles. The lowest BCUT2D eigenvalue weighted by Crippen LogP contribution is -2.42. The molecule has 2 amide bonds. The molecule has 262 valence electrons. The lowest BCUT2D eigenvalue weighted by atomic mass is 10.0. The summed E-state index contributed by atoms with van der Waals surface area (Å²) in [5.41, 5.74) is 4.53. The van der Waals surface area contributed by atoms with Crippen LogP contribution in [0.1, 0.15) is 39.1 Å². The number of ether oxygens (including phenoxy) is 2. The Labute approximate surface area is 293 Å². The van der Waals surface area contributed by atoms with E-state index in [0.29, 0.717) is 48.7 Å². The molecule has 0 bridgehead atoms. The molecule has 1 heterocycles. The molecule has 0 radical (unpaired) electrons. The molecule has 5 N–H and O–H groups in total. The van der Waals surface area contributed by atoms with Crippen molar-refractivity contribution in [1.29, 1.82) is 0 Å². The third kappa shape index (κ3) is 10.6. The number of likely N-dealkylation sites (tertiary alicyclic amines) is 1. The molecular formula is C39H45N5O6. The Balaban J connectivity index is 0.955. The highest BCUT2D eigenvalue weighted by Crippen LogP contribution is 2.28. The van der Waals surface area contributed by atoms with E-state index in [4.69, 9.17) is 9.47 Å². The molecule has 0 atom stereocenters. The van der Waals surface area contributed by atoms with E-state index in [9.17, 15) is 19.5 Å². The summed E-state index contributed by atoms with van der Waals surface area (Å²) in [5, 5.41) is 22.0. The quantitative estimate of drug-likeness (QED) is 0.0811. The number of hydrogen-bond donors (Lipinski definition) is 5. The van der Waals surface area contributed by atoms with Gasteiger partial charge in [0.05, 0.1) is 19.3 Å². The number of phenolic OH excluding ortho intramolecular Hbond substituents is 1. The van der Waals surface area contributed by atoms with E-state index in [1.807, 2.05) is 54.6 Å². The summed E-state index contributed by atoms with van der Waals surface area (Å²) < 4.78 is 10.9. The second kappa shape index (κ2) is 18.5. The van der Waals surface area contributed by atoms with Crippen molar-refractivity contribution < 1.29 is 29.0 Å². The van der Waals surface area contributed by atoms with Gasteiger partial charge in [0.15, 0.2) is 17.3 Å². The number of nitrogens with one attached hydrogen (secondary N) is 4. The van der Waals surface area contributed by atoms with Crippen molar-refractivity contribution >= 4 is 23.5 Å². The van der Waals surface area contributed by atoms with Crippen LogP contribution >= 0.6 is 0 Å². The highest BCUT2D eigenvalue weighted by atomic mass is 16.6. The lowest BCUT2D eigenvalue weighted by Gasteiger charge is -2.31. The molecule has 0 aliphatic carbocycles. The van der Waals surface area contributed by atoms with Gasteiger partial charge in [0.1, 0.15) is 6.10 Å². The van der Waals surface area contributed by atoms with Gasteiger partial charge in [-0.1, -0.05) is 66.7 Å². The zero-order chi connectivity index (χ0) is 35.1. The molecular weight excluding hydrogens is 634 g/mol. The normalized spacial score (nSPS) is 13.4. The summed E-state index contributed by atoms with van der Waals surface area (Å²) in [4.78, 5) is 40.6. The molecule has 11 heteroatoms. The van der Waals surface area contributed by atoms with Crippen LogP contribution in [0.5, 0.6) is 11.5 Å². The van der Waals surface area contributed by atoms with Crippen molar-refractivity contribution in [2.75, 3.05) is 58.2 Å². The van der Waals surface area contributed by atoms with Crippen LogP contribution in [-0.2, 0) is 11.3 Å². The molecule has 0 spiro atoms. The second-order valence-electron chi connectivity index (χ2n) is 12.1. The highest BCUT2D eigenvalue weighted by molar-refractivity contribution is 6.01. The molecule has 0 saturated carbocycles. The largest absolute Gasteiger partial charge is 0.504 e. The van der Waals surface area contributed by atoms with Gasteiger partial charge in [0, 0.05) is 62.5 Å². The minimum Gasteiger partial charge on any atom is -0.504 e. The summed E-state index contributed by atoms with van der Waals surface area (Å²) in [6.07, 6.45) is 0.881. The Morgan fingerprint density at radius 2 is 1.58 bits per heavy atom. The van der Waals surface area contributed by atoms with Crippen molar-refractivity contribution in [3.05, 3.63) is 114 Å². The number of anilines is 1. The van der Waals surface area contributed by atoms with Gasteiger partial charge < -0.3 is 35.4 Å². The van der Waals surface area contributed by atoms with E-state index >= 15 is 0 Å². The van der Waals surface area contributed by atoms with Crippen LogP contribution in [0.2, 0.25) is 0 Å². The fraction of sp³-hybridized carbons (Fsp3) is 0.308. The van der Waals surface area contributed by atoms with E-state index in [-0.39, 0.29) is 30.1 Å². The summed E-state index contributed by atoms with van der Waals surface area (Å²) in [6, 6.07) is 29.5. The average molecular weight is 680 g/mol. The number of aromatic hydroxyl groups is 1. The topological polar surface area (TPSA) is 141 Å². The third-order valence-corrected chi connectivity index (χ3v) is 8.55. The van der Waals surface area contributed by atoms with E-state index in [1.54, 1.807) is 42.5 Å². The van der Waals surface area contributed by atoms with Crippen molar-refractivity contribution in [3.8, 4) is 22.6 Å². The standard InChI is InChI=1S/C39H45N5O6/c1-49-37-24-28(14-15-35(37)45)26-40-18-19-42-38(47)31-11-7-10-30(25-31)36(46)27-41-20-23-44-21-16-32(17-22-44)50-39(48)43-34-13-6-5-12-33(34)29-8-3-2-4-9-29/h2-15,24-25,32,40-41,45H,16-23,26-27H2,1H3,(H,42,47)(H,43,48). The second-order valence-corrected chi connectivity index (χ2v) is 12.1. The van der Waals surface area contributed by atoms with Crippen molar-refractivity contribution in [2.45, 2.75) is 25.5 Å². The number of piperidine rings is 1. The lowest BCUT2D eigenvalue weighted by molar-refractivity contribution is 0.0593. The van der Waals surface area contributed by atoms with Crippen LogP contribution in [0.4, 0.5) is 10.5 Å². The van der Waals surface area contributed by atoms with Gasteiger partial charge >= 0.3 is 6.09 Å². The van der Waals surface area contributed by atoms with Crippen molar-refractivity contribution in [1.82, 2.24) is 20.9 Å². The Bertz CT molecular complexity index is 1730. The Morgan fingerprint density at radius 3 is 2.38 bits per heavy atom. The minimum absolute atomic E-state index is 0.0856. The van der Waals surface area contributed by atoms with E-state index in [2.05, 4.69) is 26.2 Å². The zero-order valence-electron chi connectivity index (χ0n) is 28.3. The highest BCUT2D eigenvalue weighted by Gasteiger charge is 2.22. The summed E-state index contributed by atoms with van der Waals surface area (Å²) in [5.74, 6) is 0.166. The third-order valence-electron chi connectivity index (χ3n) is 8.55. The number of ketones is 1. The van der Waals surface area contributed by atoms with E-state index < -0.39 is 6.09 Å². The number of phenols is 1. The number of nitrogens with zero attached hydrogens (tertiary/aromatic N) is 1. The maximum atomic E-state index is 12.9. The van der Waals surface area contributed by atoms with Gasteiger partial charge in [-0.15, -0.1) is 0 Å². The van der Waals surface area contributed by atoms with Crippen LogP contribution in [0.15, 0.2) is 97.1 Å². The van der Waals surface area contributed by atoms with Crippen LogP contribution in [-0.4, -0.2) is 86.8 Å². The molecule has 1 aliphatic rings. The molecule has 1 aliphatic heterocycles. The average Bonchev–Trinajstić information content (AvgIpc) is 3.15. The number of carbonyl (C=O) groups excluding carboxylic acids is 3. The molecule has 4 aromatic rings. The molecule has 50 heavy (non-hydrogen) atoms. The first-order valence-corrected chi connectivity index (χ1v) is 16.9. The number of methoxy groups -OCH3 is 1. The van der Waals surface area contributed by atoms with Crippen molar-refractivity contribution in [2.24, 2.45) is 0 Å². The first kappa shape index (κ1) is 36.1. The van der Waals surface area contributed by atoms with Gasteiger partial charge in [-0.25, -0.2) is 4.79 Å². The molecule has 0 aromatic heterocycles. The maximum Gasteiger partial charge on any atom is 0.411 e. The first-order valence-electron chi connectivity index (χ1n) is 16.9. The number of carbonyl (C=O) groups is 3. The van der Waals surface area contributed by atoms with Crippen LogP contribution in [0.25, 0.3) is 11.1 Å². The smallest absolute Gasteiger partial charge is 0.411 e. The Hall–Kier alpha value is -5.23. The number of amides is 2. The summed E-state index contributed by atoms with van der Waals surface area (Å²) in [6.45, 7) is 4.68. The maximum absolute atomic E-state index is 12.9. The van der Waals surface area contributed by atoms with Crippen LogP contribution in [0.3, 0.4) is 0 Å². The van der Waals surface area contributed by atoms with E-state index in [0.717, 1.165) is 49.2 Å². The minimum atomic E-state index is -0.450. The first-order chi connectivity index (χ1) is 24.4. The summed E-state index contributed by atoms with van der Waals surface area (Å²) in [7, 11) is 1.50. The van der Waals surface area contributed by atoms with Crippen LogP contribution in [0, 0.1) is 0 Å². The molecule has 4 aromatic carbocycles. The fourth-order valence-corrected chi connectivity index (χ4v) is 5.81. The summed E-state index contributed by atoms with van der Waals surface area (Å²) >= 11 is 0. The van der Waals surface area contributed by atoms with Gasteiger partial charge in [-0.05, 0) is 54.3 Å². The number of para-hydroxylation sites is 1. The van der Waals surface area contributed by atoms with Gasteiger partial charge in [0.25, 0.3) is 5.91 Å². The molecule has 1 fully saturated rings. The Kier molecular flexibility index (Phi) is 13.3. The molecule has 11 nitrogen and oxygen atoms in total. The number of rotatable bonds is 16. The monoisotopic (exact) mass is 679 g/mol.